The van der Waals surface area contributed by atoms with E-state index in [1.807, 2.05) is 0 Å². The highest BCUT2D eigenvalue weighted by atomic mass is 79.9. The first-order valence-electron chi connectivity index (χ1n) is 12.4. The van der Waals surface area contributed by atoms with E-state index >= 15 is 0 Å². The number of carboxylic acids is 1. The summed E-state index contributed by atoms with van der Waals surface area (Å²) in [5, 5.41) is 9.28. The molecule has 4 heteroatoms. The summed E-state index contributed by atoms with van der Waals surface area (Å²) in [6.45, 7) is 11.8. The summed E-state index contributed by atoms with van der Waals surface area (Å²) in [6.07, 6.45) is 10.5. The number of aliphatic carboxylic acids is 1. The van der Waals surface area contributed by atoms with Gasteiger partial charge in [-0.1, -0.05) is 69.8 Å². The Morgan fingerprint density at radius 1 is 1.13 bits per heavy atom. The molecule has 3 nitrogen and oxygen atoms in total. The predicted molar refractivity (Wildman–Crippen MR) is 126 cm³/mol. The van der Waals surface area contributed by atoms with Gasteiger partial charge in [-0.3, -0.25) is 9.59 Å². The minimum atomic E-state index is -0.783. The van der Waals surface area contributed by atoms with Gasteiger partial charge in [-0.15, -0.1) is 0 Å². The second-order valence-electron chi connectivity index (χ2n) is 11.8. The molecule has 1 N–H and O–H groups in total. The van der Waals surface area contributed by atoms with Crippen molar-refractivity contribution in [1.29, 1.82) is 0 Å². The van der Waals surface area contributed by atoms with Crippen LogP contribution < -0.4 is 0 Å². The lowest BCUT2D eigenvalue weighted by Crippen LogP contribution is -2.55. The molecule has 0 spiro atoms. The first-order valence-corrected chi connectivity index (χ1v) is 13.3. The fourth-order valence-corrected chi connectivity index (χ4v) is 8.95. The molecule has 3 aliphatic rings. The number of hydrogen-bond acceptors (Lipinski definition) is 2. The predicted octanol–water partition coefficient (Wildman–Crippen LogP) is 7.11. The fraction of sp³-hybridized carbons (Fsp3) is 0.923. The van der Waals surface area contributed by atoms with Crippen LogP contribution in [-0.2, 0) is 9.59 Å². The molecule has 0 unspecified atom stereocenters. The molecule has 0 saturated heterocycles. The smallest absolute Gasteiger partial charge is 0.303 e. The number of alkyl halides is 1. The molecule has 3 saturated carbocycles. The van der Waals surface area contributed by atoms with Crippen LogP contribution in [-0.4, -0.2) is 21.7 Å². The van der Waals surface area contributed by atoms with E-state index in [0.717, 1.165) is 30.6 Å². The lowest BCUT2D eigenvalue weighted by molar-refractivity contribution is -0.147. The van der Waals surface area contributed by atoms with Crippen molar-refractivity contribution >= 4 is 27.7 Å². The van der Waals surface area contributed by atoms with Crippen molar-refractivity contribution in [3.63, 3.8) is 0 Å². The molecule has 0 radical (unpaired) electrons. The van der Waals surface area contributed by atoms with Gasteiger partial charge in [0.1, 0.15) is 0 Å². The van der Waals surface area contributed by atoms with Gasteiger partial charge in [0.25, 0.3) is 0 Å². The number of carboxylic acid groups (broad SMARTS) is 1. The van der Waals surface area contributed by atoms with E-state index in [4.69, 9.17) is 0 Å². The van der Waals surface area contributed by atoms with Crippen LogP contribution in [0.5, 0.6) is 0 Å². The van der Waals surface area contributed by atoms with Crippen molar-refractivity contribution in [3.8, 4) is 0 Å². The highest BCUT2D eigenvalue weighted by Crippen LogP contribution is 2.66. The fourth-order valence-electron chi connectivity index (χ4n) is 7.99. The standard InChI is InChI=1S/C26H43BrO3/c1-16(2)7-6-8-17(3)19-9-10-20-18-15-22(27)24(30)26(5,14-12-23(28)29)21(18)11-13-25(19,20)4/h16-22H,6-15H2,1-5H3,(H,28,29)/t17-,18-,19-,20+,21-,22-,25+,26+/m0/s1. The molecular weight excluding hydrogens is 440 g/mol. The minimum absolute atomic E-state index is 0.0998. The third-order valence-electron chi connectivity index (χ3n) is 9.64. The van der Waals surface area contributed by atoms with Gasteiger partial charge in [-0.2, -0.15) is 0 Å². The Bertz CT molecular complexity index is 646. The van der Waals surface area contributed by atoms with Crippen LogP contribution in [0.3, 0.4) is 0 Å². The lowest BCUT2D eigenvalue weighted by Gasteiger charge is -2.57. The van der Waals surface area contributed by atoms with Gasteiger partial charge in [0.05, 0.1) is 4.83 Å². The normalized spacial score (nSPS) is 42.1. The highest BCUT2D eigenvalue weighted by molar-refractivity contribution is 9.10. The second kappa shape index (κ2) is 9.24. The monoisotopic (exact) mass is 482 g/mol. The quantitative estimate of drug-likeness (QED) is 0.374. The van der Waals surface area contributed by atoms with Crippen molar-refractivity contribution in [2.45, 2.75) is 104 Å². The summed E-state index contributed by atoms with van der Waals surface area (Å²) in [5.74, 6) is 3.43. The minimum Gasteiger partial charge on any atom is -0.481 e. The Hall–Kier alpha value is -0.380. The molecular formula is C26H43BrO3. The molecule has 0 aromatic heterocycles. The van der Waals surface area contributed by atoms with Gasteiger partial charge in [-0.25, -0.2) is 0 Å². The van der Waals surface area contributed by atoms with E-state index in [0.29, 0.717) is 29.6 Å². The van der Waals surface area contributed by atoms with Crippen molar-refractivity contribution < 1.29 is 14.7 Å². The van der Waals surface area contributed by atoms with Crippen LogP contribution >= 0.6 is 15.9 Å². The third-order valence-corrected chi connectivity index (χ3v) is 10.4. The molecule has 8 atom stereocenters. The number of rotatable bonds is 8. The molecule has 3 aliphatic carbocycles. The maximum atomic E-state index is 13.2. The van der Waals surface area contributed by atoms with Crippen LogP contribution in [0.1, 0.15) is 98.8 Å². The topological polar surface area (TPSA) is 54.4 Å². The summed E-state index contributed by atoms with van der Waals surface area (Å²) in [4.78, 5) is 24.4. The lowest BCUT2D eigenvalue weighted by atomic mass is 9.48. The maximum absolute atomic E-state index is 13.2. The molecule has 0 amide bonds. The molecule has 30 heavy (non-hydrogen) atoms. The third kappa shape index (κ3) is 4.41. The number of halogens is 1. The number of ketones is 1. The van der Waals surface area contributed by atoms with Crippen LogP contribution in [0, 0.1) is 46.3 Å². The van der Waals surface area contributed by atoms with E-state index in [1.54, 1.807) is 0 Å². The van der Waals surface area contributed by atoms with Crippen LogP contribution in [0.4, 0.5) is 0 Å². The largest absolute Gasteiger partial charge is 0.481 e. The summed E-state index contributed by atoms with van der Waals surface area (Å²) in [6, 6.07) is 0. The van der Waals surface area contributed by atoms with Gasteiger partial charge in [-0.05, 0) is 79.4 Å². The van der Waals surface area contributed by atoms with E-state index < -0.39 is 11.4 Å². The van der Waals surface area contributed by atoms with Crippen molar-refractivity contribution in [2.24, 2.45) is 46.3 Å². The van der Waals surface area contributed by atoms with Crippen LogP contribution in [0.25, 0.3) is 0 Å². The van der Waals surface area contributed by atoms with Gasteiger partial charge in [0.15, 0.2) is 5.78 Å². The SMILES string of the molecule is CC(C)CCC[C@H](C)[C@@H]1CC[C@@H]2[C@@H]3C[C@H](Br)C(=O)[C@](C)(CCC(=O)O)[C@H]3CC[C@@]21C. The zero-order valence-electron chi connectivity index (χ0n) is 19.8. The number of Topliss-reactive ketones (excluding diaryl/α,β-unsaturated/α-hetero) is 1. The first-order chi connectivity index (χ1) is 14.0. The Morgan fingerprint density at radius 2 is 1.83 bits per heavy atom. The second-order valence-corrected chi connectivity index (χ2v) is 12.9. The highest BCUT2D eigenvalue weighted by Gasteiger charge is 2.61. The number of carbonyl (C=O) groups is 2. The zero-order chi connectivity index (χ0) is 22.3. The molecule has 3 fully saturated rings. The maximum Gasteiger partial charge on any atom is 0.303 e. The summed E-state index contributed by atoms with van der Waals surface area (Å²) < 4.78 is 0. The molecule has 0 aromatic rings. The van der Waals surface area contributed by atoms with Gasteiger partial charge in [0, 0.05) is 11.8 Å². The molecule has 0 heterocycles. The summed E-state index contributed by atoms with van der Waals surface area (Å²) in [5.41, 5.74) is -0.100. The number of fused-ring (bicyclic) bond motifs is 3. The molecule has 0 aromatic carbocycles. The van der Waals surface area contributed by atoms with Crippen LogP contribution in [0.2, 0.25) is 0 Å². The van der Waals surface area contributed by atoms with Crippen molar-refractivity contribution in [2.75, 3.05) is 0 Å². The summed E-state index contributed by atoms with van der Waals surface area (Å²) in [7, 11) is 0. The Balaban J connectivity index is 1.77. The molecule has 0 aliphatic heterocycles. The summed E-state index contributed by atoms with van der Waals surface area (Å²) >= 11 is 3.71. The molecule has 0 bridgehead atoms. The van der Waals surface area contributed by atoms with Gasteiger partial charge in [0.2, 0.25) is 0 Å². The van der Waals surface area contributed by atoms with E-state index in [2.05, 4.69) is 50.5 Å². The average molecular weight is 484 g/mol. The van der Waals surface area contributed by atoms with Crippen molar-refractivity contribution in [1.82, 2.24) is 0 Å². The average Bonchev–Trinajstić information content (AvgIpc) is 3.02. The van der Waals surface area contributed by atoms with Crippen LogP contribution in [0.15, 0.2) is 0 Å². The Morgan fingerprint density at radius 3 is 2.47 bits per heavy atom. The first kappa shape index (κ1) is 24.3. The Labute approximate surface area is 192 Å². The van der Waals surface area contributed by atoms with Gasteiger partial charge >= 0.3 is 5.97 Å². The van der Waals surface area contributed by atoms with E-state index in [1.165, 1.54) is 38.5 Å². The zero-order valence-corrected chi connectivity index (χ0v) is 21.3. The van der Waals surface area contributed by atoms with Crippen molar-refractivity contribution in [3.05, 3.63) is 0 Å². The molecule has 172 valence electrons. The van der Waals surface area contributed by atoms with Gasteiger partial charge < -0.3 is 5.11 Å². The molecule has 3 rings (SSSR count). The number of carbonyl (C=O) groups excluding carboxylic acids is 1. The van der Waals surface area contributed by atoms with E-state index in [-0.39, 0.29) is 17.0 Å². The van der Waals surface area contributed by atoms with E-state index in [9.17, 15) is 14.7 Å². The number of hydrogen-bond donors (Lipinski definition) is 1. The Kier molecular flexibility index (Phi) is 7.47.